The fourth-order valence-electron chi connectivity index (χ4n) is 4.78. The van der Waals surface area contributed by atoms with Crippen molar-refractivity contribution in [1.29, 1.82) is 5.26 Å². The van der Waals surface area contributed by atoms with E-state index in [1.807, 2.05) is 37.3 Å². The Morgan fingerprint density at radius 1 is 0.830 bits per heavy atom. The van der Waals surface area contributed by atoms with Crippen LogP contribution in [0.15, 0.2) is 67.0 Å². The van der Waals surface area contributed by atoms with Crippen molar-refractivity contribution in [3.05, 3.63) is 105 Å². The first-order valence-electron chi connectivity index (χ1n) is 14.9. The Hall–Kier alpha value is -3.92. The molecule has 5 N–H and O–H groups in total. The van der Waals surface area contributed by atoms with E-state index in [-0.39, 0.29) is 19.8 Å². The number of aliphatic hydroxyl groups excluding tert-OH is 4. The Morgan fingerprint density at radius 2 is 1.55 bits per heavy atom. The van der Waals surface area contributed by atoms with Gasteiger partial charge in [0.2, 0.25) is 0 Å². The molecular formula is C35H37Cl2N3O7. The molecule has 0 bridgehead atoms. The predicted molar refractivity (Wildman–Crippen MR) is 179 cm³/mol. The molecule has 0 fully saturated rings. The summed E-state index contributed by atoms with van der Waals surface area (Å²) < 4.78 is 18.0. The van der Waals surface area contributed by atoms with Gasteiger partial charge in [0.15, 0.2) is 0 Å². The highest BCUT2D eigenvalue weighted by Gasteiger charge is 2.26. The first kappa shape index (κ1) is 35.9. The topological polar surface area (TPSA) is 157 Å². The zero-order valence-corrected chi connectivity index (χ0v) is 27.4. The third-order valence-electron chi connectivity index (χ3n) is 7.67. The smallest absolute Gasteiger partial charge is 0.142 e. The lowest BCUT2D eigenvalue weighted by molar-refractivity contribution is 0.0419. The highest BCUT2D eigenvalue weighted by Crippen LogP contribution is 2.38. The summed E-state index contributed by atoms with van der Waals surface area (Å²) in [5, 5.41) is 51.2. The van der Waals surface area contributed by atoms with Crippen LogP contribution in [0.25, 0.3) is 11.1 Å². The van der Waals surface area contributed by atoms with Crippen LogP contribution in [0.2, 0.25) is 10.0 Å². The van der Waals surface area contributed by atoms with Crippen LogP contribution in [0.4, 0.5) is 0 Å². The molecule has 0 unspecified atom stereocenters. The summed E-state index contributed by atoms with van der Waals surface area (Å²) in [4.78, 5) is 4.05. The summed E-state index contributed by atoms with van der Waals surface area (Å²) in [6.45, 7) is 1.58. The van der Waals surface area contributed by atoms with E-state index in [0.717, 1.165) is 22.3 Å². The fraction of sp³-hybridized carbons (Fsp3) is 0.314. The Kier molecular flexibility index (Phi) is 13.2. The molecule has 1 aromatic heterocycles. The van der Waals surface area contributed by atoms with Crippen molar-refractivity contribution in [2.45, 2.75) is 38.7 Å². The van der Waals surface area contributed by atoms with Gasteiger partial charge in [0.1, 0.15) is 36.5 Å². The fourth-order valence-corrected chi connectivity index (χ4v) is 5.30. The van der Waals surface area contributed by atoms with E-state index in [4.69, 9.17) is 42.7 Å². The zero-order chi connectivity index (χ0) is 33.8. The number of halogens is 2. The van der Waals surface area contributed by atoms with Gasteiger partial charge in [0.05, 0.1) is 54.2 Å². The molecule has 3 aromatic carbocycles. The van der Waals surface area contributed by atoms with Crippen molar-refractivity contribution in [2.75, 3.05) is 33.0 Å². The third kappa shape index (κ3) is 9.12. The maximum absolute atomic E-state index is 9.88. The van der Waals surface area contributed by atoms with Crippen LogP contribution >= 0.6 is 23.2 Å². The summed E-state index contributed by atoms with van der Waals surface area (Å²) >= 11 is 13.3. The Morgan fingerprint density at radius 3 is 2.28 bits per heavy atom. The van der Waals surface area contributed by atoms with Gasteiger partial charge in [0, 0.05) is 35.2 Å². The van der Waals surface area contributed by atoms with Crippen molar-refractivity contribution in [3.8, 4) is 34.4 Å². The second-order valence-corrected chi connectivity index (χ2v) is 11.7. The molecule has 0 saturated carbocycles. The van der Waals surface area contributed by atoms with E-state index in [9.17, 15) is 20.4 Å². The quantitative estimate of drug-likeness (QED) is 0.0965. The number of aliphatic hydroxyl groups is 4. The Balaban J connectivity index is 1.44. The van der Waals surface area contributed by atoms with Crippen molar-refractivity contribution >= 4 is 23.2 Å². The van der Waals surface area contributed by atoms with Gasteiger partial charge in [-0.15, -0.1) is 0 Å². The van der Waals surface area contributed by atoms with Crippen LogP contribution in [0.5, 0.6) is 17.2 Å². The van der Waals surface area contributed by atoms with E-state index in [1.165, 1.54) is 6.20 Å². The summed E-state index contributed by atoms with van der Waals surface area (Å²) in [6.07, 6.45) is 3.63. The minimum atomic E-state index is -1.14. The van der Waals surface area contributed by atoms with Gasteiger partial charge in [-0.2, -0.15) is 5.26 Å². The molecule has 0 amide bonds. The number of ether oxygens (including phenoxy) is 3. The number of pyridine rings is 1. The predicted octanol–water partition coefficient (Wildman–Crippen LogP) is 4.96. The SMILES string of the molecule is Cc1c(COc2cc(OCc3cncc(C#N)c3)c(CO)cc2Cl)cccc1-c1cccc(OCCCNC(CO)(CO)CO)c1Cl. The van der Waals surface area contributed by atoms with Gasteiger partial charge >= 0.3 is 0 Å². The highest BCUT2D eigenvalue weighted by molar-refractivity contribution is 6.35. The van der Waals surface area contributed by atoms with Crippen LogP contribution < -0.4 is 19.5 Å². The minimum absolute atomic E-state index is 0.135. The van der Waals surface area contributed by atoms with Gasteiger partial charge in [-0.05, 0) is 54.8 Å². The summed E-state index contributed by atoms with van der Waals surface area (Å²) in [6, 6.07) is 18.4. The van der Waals surface area contributed by atoms with Crippen molar-refractivity contribution < 1.29 is 34.6 Å². The molecule has 0 radical (unpaired) electrons. The van der Waals surface area contributed by atoms with Crippen LogP contribution in [0, 0.1) is 18.3 Å². The lowest BCUT2D eigenvalue weighted by Crippen LogP contribution is -2.55. The molecule has 12 heteroatoms. The van der Waals surface area contributed by atoms with Crippen LogP contribution in [-0.2, 0) is 19.8 Å². The van der Waals surface area contributed by atoms with Gasteiger partial charge < -0.3 is 40.0 Å². The minimum Gasteiger partial charge on any atom is -0.492 e. The van der Waals surface area contributed by atoms with Crippen molar-refractivity contribution in [3.63, 3.8) is 0 Å². The number of rotatable bonds is 17. The van der Waals surface area contributed by atoms with E-state index < -0.39 is 25.4 Å². The largest absolute Gasteiger partial charge is 0.492 e. The standard InChI is InChI=1S/C35H37Cl2N3O7/c1-23-26(19-47-33-13-32(27(17-41)12-30(33)36)46-18-25-11-24(14-38)15-39-16-25)5-2-6-28(23)29-7-3-8-31(34(29)37)45-10-4-9-40-35(20-42,21-43)22-44/h2-3,5-8,11-13,15-16,40-44H,4,9-10,17-22H2,1H3. The molecule has 0 spiro atoms. The molecule has 248 valence electrons. The lowest BCUT2D eigenvalue weighted by Gasteiger charge is -2.28. The molecule has 0 aliphatic carbocycles. The van der Waals surface area contributed by atoms with Crippen molar-refractivity contribution in [1.82, 2.24) is 10.3 Å². The number of nitrogens with zero attached hydrogens (tertiary/aromatic N) is 2. The summed E-state index contributed by atoms with van der Waals surface area (Å²) in [7, 11) is 0. The van der Waals surface area contributed by atoms with Crippen LogP contribution in [0.1, 0.15) is 34.2 Å². The first-order valence-corrected chi connectivity index (χ1v) is 15.6. The lowest BCUT2D eigenvalue weighted by atomic mass is 9.96. The third-order valence-corrected chi connectivity index (χ3v) is 8.36. The number of benzene rings is 3. The molecule has 0 aliphatic rings. The first-order chi connectivity index (χ1) is 22.8. The normalized spacial score (nSPS) is 11.3. The van der Waals surface area contributed by atoms with Gasteiger partial charge in [-0.25, -0.2) is 0 Å². The summed E-state index contributed by atoms with van der Waals surface area (Å²) in [5.41, 5.74) is 4.02. The molecule has 10 nitrogen and oxygen atoms in total. The van der Waals surface area contributed by atoms with Crippen molar-refractivity contribution in [2.24, 2.45) is 0 Å². The Labute approximate surface area is 283 Å². The molecule has 0 saturated heterocycles. The number of hydrogen-bond acceptors (Lipinski definition) is 10. The molecule has 0 atom stereocenters. The van der Waals surface area contributed by atoms with E-state index in [1.54, 1.807) is 30.5 Å². The summed E-state index contributed by atoms with van der Waals surface area (Å²) in [5.74, 6) is 1.29. The van der Waals surface area contributed by atoms with Gasteiger partial charge in [-0.1, -0.05) is 53.5 Å². The number of nitrogens with one attached hydrogen (secondary N) is 1. The molecule has 0 aliphatic heterocycles. The number of nitriles is 1. The molecule has 47 heavy (non-hydrogen) atoms. The average Bonchev–Trinajstić information content (AvgIpc) is 3.10. The van der Waals surface area contributed by atoms with Crippen LogP contribution in [0.3, 0.4) is 0 Å². The molecule has 4 rings (SSSR count). The molecular weight excluding hydrogens is 645 g/mol. The second-order valence-electron chi connectivity index (χ2n) is 10.9. The van der Waals surface area contributed by atoms with Crippen LogP contribution in [-0.4, -0.2) is 63.9 Å². The zero-order valence-electron chi connectivity index (χ0n) is 25.9. The molecule has 1 heterocycles. The monoisotopic (exact) mass is 681 g/mol. The van der Waals surface area contributed by atoms with Gasteiger partial charge in [0.25, 0.3) is 0 Å². The number of hydrogen-bond donors (Lipinski definition) is 5. The van der Waals surface area contributed by atoms with E-state index >= 15 is 0 Å². The maximum atomic E-state index is 9.88. The van der Waals surface area contributed by atoms with Gasteiger partial charge in [-0.3, -0.25) is 4.98 Å². The maximum Gasteiger partial charge on any atom is 0.142 e. The van der Waals surface area contributed by atoms with E-state index in [2.05, 4.69) is 16.4 Å². The molecule has 4 aromatic rings. The second kappa shape index (κ2) is 17.3. The highest BCUT2D eigenvalue weighted by atomic mass is 35.5. The Bertz CT molecular complexity index is 1680. The average molecular weight is 683 g/mol. The number of aromatic nitrogens is 1. The van der Waals surface area contributed by atoms with E-state index in [0.29, 0.717) is 63.6 Å².